The highest BCUT2D eigenvalue weighted by Crippen LogP contribution is 2.03. The van der Waals surface area contributed by atoms with Gasteiger partial charge in [-0.2, -0.15) is 0 Å². The molecule has 0 bridgehead atoms. The molecule has 0 aliphatic rings. The largest absolute Gasteiger partial charge is 0.355 e. The summed E-state index contributed by atoms with van der Waals surface area (Å²) in [5.74, 6) is 0.129. The molecule has 0 aliphatic carbocycles. The lowest BCUT2D eigenvalue weighted by atomic mass is 10.1. The maximum atomic E-state index is 11.7. The molecule has 4 nitrogen and oxygen atoms in total. The summed E-state index contributed by atoms with van der Waals surface area (Å²) in [6.45, 7) is 17.4. The number of amides is 1. The van der Waals surface area contributed by atoms with Crippen LogP contribution in [0, 0.1) is 0 Å². The molecule has 2 N–H and O–H groups in total. The Balaban J connectivity index is 3.79. The van der Waals surface area contributed by atoms with Gasteiger partial charge in [0.25, 0.3) is 0 Å². The van der Waals surface area contributed by atoms with E-state index in [1.54, 1.807) is 0 Å². The third-order valence-corrected chi connectivity index (χ3v) is 3.03. The highest BCUT2D eigenvalue weighted by Gasteiger charge is 2.13. The first-order valence-electron chi connectivity index (χ1n) is 7.41. The van der Waals surface area contributed by atoms with Crippen LogP contribution in [0.3, 0.4) is 0 Å². The van der Waals surface area contributed by atoms with Crippen molar-refractivity contribution in [1.29, 1.82) is 0 Å². The van der Waals surface area contributed by atoms with Gasteiger partial charge in [-0.15, -0.1) is 0 Å². The maximum Gasteiger partial charge on any atom is 0.221 e. The zero-order valence-electron chi connectivity index (χ0n) is 13.8. The number of nitrogens with zero attached hydrogens (tertiary/aromatic N) is 1. The average molecular weight is 271 g/mol. The van der Waals surface area contributed by atoms with E-state index in [0.29, 0.717) is 18.5 Å². The molecule has 19 heavy (non-hydrogen) atoms. The van der Waals surface area contributed by atoms with E-state index in [1.165, 1.54) is 0 Å². The van der Waals surface area contributed by atoms with Crippen molar-refractivity contribution in [2.24, 2.45) is 0 Å². The number of rotatable bonds is 8. The molecule has 0 aromatic rings. The number of hydrogen-bond acceptors (Lipinski definition) is 3. The van der Waals surface area contributed by atoms with E-state index in [1.807, 2.05) is 0 Å². The second-order valence-electron chi connectivity index (χ2n) is 6.70. The fraction of sp³-hybridized carbons (Fsp3) is 0.933. The van der Waals surface area contributed by atoms with Crippen LogP contribution in [0.1, 0.15) is 54.9 Å². The quantitative estimate of drug-likeness (QED) is 0.710. The summed E-state index contributed by atoms with van der Waals surface area (Å²) in [6.07, 6.45) is 0.542. The second-order valence-corrected chi connectivity index (χ2v) is 6.70. The van der Waals surface area contributed by atoms with Crippen LogP contribution in [-0.2, 0) is 4.79 Å². The minimum Gasteiger partial charge on any atom is -0.355 e. The van der Waals surface area contributed by atoms with Gasteiger partial charge < -0.3 is 10.6 Å². The molecule has 0 aliphatic heterocycles. The number of hydrogen-bond donors (Lipinski definition) is 2. The van der Waals surface area contributed by atoms with Crippen LogP contribution < -0.4 is 10.6 Å². The van der Waals surface area contributed by atoms with Crippen molar-refractivity contribution in [3.05, 3.63) is 0 Å². The lowest BCUT2D eigenvalue weighted by Gasteiger charge is -2.30. The summed E-state index contributed by atoms with van der Waals surface area (Å²) in [4.78, 5) is 14.1. The van der Waals surface area contributed by atoms with Crippen molar-refractivity contribution >= 4 is 5.91 Å². The van der Waals surface area contributed by atoms with E-state index >= 15 is 0 Å². The molecule has 0 saturated carbocycles. The number of nitrogens with one attached hydrogen (secondary N) is 2. The van der Waals surface area contributed by atoms with Crippen LogP contribution in [0.15, 0.2) is 0 Å². The molecule has 0 unspecified atom stereocenters. The molecule has 0 heterocycles. The first-order valence-corrected chi connectivity index (χ1v) is 7.41. The molecular formula is C15H33N3O. The normalized spacial score (nSPS) is 12.5. The lowest BCUT2D eigenvalue weighted by Crippen LogP contribution is -2.43. The summed E-state index contributed by atoms with van der Waals surface area (Å²) in [5, 5.41) is 6.31. The Morgan fingerprint density at radius 1 is 1.05 bits per heavy atom. The second kappa shape index (κ2) is 8.54. The monoisotopic (exact) mass is 271 g/mol. The highest BCUT2D eigenvalue weighted by atomic mass is 16.1. The van der Waals surface area contributed by atoms with Gasteiger partial charge in [0.1, 0.15) is 0 Å². The number of carbonyl (C=O) groups excluding carboxylic acids is 1. The van der Waals surface area contributed by atoms with Crippen molar-refractivity contribution in [1.82, 2.24) is 15.5 Å². The molecule has 0 aromatic heterocycles. The Hall–Kier alpha value is -0.610. The zero-order valence-corrected chi connectivity index (χ0v) is 13.8. The molecule has 114 valence electrons. The third kappa shape index (κ3) is 9.91. The first kappa shape index (κ1) is 18.4. The van der Waals surface area contributed by atoms with Gasteiger partial charge in [-0.05, 0) is 48.5 Å². The van der Waals surface area contributed by atoms with Gasteiger partial charge in [-0.25, -0.2) is 0 Å². The highest BCUT2D eigenvalue weighted by molar-refractivity contribution is 5.76. The number of carbonyl (C=O) groups is 1. The minimum absolute atomic E-state index is 0.0758. The fourth-order valence-corrected chi connectivity index (χ4v) is 2.08. The minimum atomic E-state index is 0.0758. The van der Waals surface area contributed by atoms with Crippen LogP contribution >= 0.6 is 0 Å². The van der Waals surface area contributed by atoms with Crippen molar-refractivity contribution in [2.75, 3.05) is 19.6 Å². The molecule has 0 fully saturated rings. The SMILES string of the molecule is CC(C)N(CCNC(=O)CCNC(C)(C)C)C(C)C. The van der Waals surface area contributed by atoms with E-state index in [-0.39, 0.29) is 11.4 Å². The van der Waals surface area contributed by atoms with Crippen molar-refractivity contribution in [2.45, 2.75) is 72.5 Å². The predicted octanol–water partition coefficient (Wildman–Crippen LogP) is 2.00. The zero-order chi connectivity index (χ0) is 15.1. The Morgan fingerprint density at radius 3 is 2.00 bits per heavy atom. The van der Waals surface area contributed by atoms with E-state index in [4.69, 9.17) is 0 Å². The summed E-state index contributed by atoms with van der Waals surface area (Å²) in [6, 6.07) is 1.03. The van der Waals surface area contributed by atoms with Gasteiger partial charge in [0.05, 0.1) is 0 Å². The smallest absolute Gasteiger partial charge is 0.221 e. The Bertz CT molecular complexity index is 249. The van der Waals surface area contributed by atoms with E-state index in [0.717, 1.165) is 19.6 Å². The van der Waals surface area contributed by atoms with E-state index < -0.39 is 0 Å². The predicted molar refractivity (Wildman–Crippen MR) is 82.4 cm³/mol. The molecule has 1 amide bonds. The maximum absolute atomic E-state index is 11.7. The van der Waals surface area contributed by atoms with Crippen LogP contribution in [-0.4, -0.2) is 48.1 Å². The molecular weight excluding hydrogens is 238 g/mol. The Labute approximate surface area is 119 Å². The first-order chi connectivity index (χ1) is 8.63. The van der Waals surface area contributed by atoms with Gasteiger partial charge >= 0.3 is 0 Å². The van der Waals surface area contributed by atoms with Crippen molar-refractivity contribution in [3.63, 3.8) is 0 Å². The van der Waals surface area contributed by atoms with Gasteiger partial charge in [-0.1, -0.05) is 0 Å². The van der Waals surface area contributed by atoms with Crippen LogP contribution in [0.4, 0.5) is 0 Å². The molecule has 0 rings (SSSR count). The van der Waals surface area contributed by atoms with Crippen LogP contribution in [0.5, 0.6) is 0 Å². The summed E-state index contributed by atoms with van der Waals surface area (Å²) >= 11 is 0. The van der Waals surface area contributed by atoms with E-state index in [2.05, 4.69) is 64.0 Å². The third-order valence-electron chi connectivity index (χ3n) is 3.03. The molecule has 0 spiro atoms. The van der Waals surface area contributed by atoms with Crippen LogP contribution in [0.2, 0.25) is 0 Å². The topological polar surface area (TPSA) is 44.4 Å². The van der Waals surface area contributed by atoms with Crippen molar-refractivity contribution < 1.29 is 4.79 Å². The van der Waals surface area contributed by atoms with Gasteiger partial charge in [0, 0.05) is 43.7 Å². The van der Waals surface area contributed by atoms with Gasteiger partial charge in [0.15, 0.2) is 0 Å². The van der Waals surface area contributed by atoms with Gasteiger partial charge in [0.2, 0.25) is 5.91 Å². The van der Waals surface area contributed by atoms with E-state index in [9.17, 15) is 4.79 Å². The Morgan fingerprint density at radius 2 is 1.58 bits per heavy atom. The molecule has 4 heteroatoms. The molecule has 0 radical (unpaired) electrons. The summed E-state index contributed by atoms with van der Waals surface area (Å²) < 4.78 is 0. The van der Waals surface area contributed by atoms with Gasteiger partial charge in [-0.3, -0.25) is 9.69 Å². The molecule has 0 atom stereocenters. The standard InChI is InChI=1S/C15H33N3O/c1-12(2)18(13(3)4)11-10-16-14(19)8-9-17-15(5,6)7/h12-13,17H,8-11H2,1-7H3,(H,16,19). The lowest BCUT2D eigenvalue weighted by molar-refractivity contribution is -0.121. The van der Waals surface area contributed by atoms with Crippen LogP contribution in [0.25, 0.3) is 0 Å². The molecule has 0 saturated heterocycles. The van der Waals surface area contributed by atoms with Crippen molar-refractivity contribution in [3.8, 4) is 0 Å². The summed E-state index contributed by atoms with van der Waals surface area (Å²) in [5.41, 5.74) is 0.0758. The fourth-order valence-electron chi connectivity index (χ4n) is 2.08. The molecule has 0 aromatic carbocycles. The average Bonchev–Trinajstić information content (AvgIpc) is 2.21. The Kier molecular flexibility index (Phi) is 8.26. The summed E-state index contributed by atoms with van der Waals surface area (Å²) in [7, 11) is 0.